The van der Waals surface area contributed by atoms with Crippen molar-refractivity contribution in [3.8, 4) is 0 Å². The summed E-state index contributed by atoms with van der Waals surface area (Å²) in [6.07, 6.45) is -0.251. The average molecular weight is 328 g/mol. The maximum absolute atomic E-state index is 10.0. The van der Waals surface area contributed by atoms with Gasteiger partial charge in [0, 0.05) is 30.9 Å². The van der Waals surface area contributed by atoms with Crippen molar-refractivity contribution in [3.63, 3.8) is 0 Å². The average Bonchev–Trinajstić information content (AvgIpc) is 2.15. The Labute approximate surface area is 120 Å². The van der Waals surface area contributed by atoms with Gasteiger partial charge in [0.15, 0.2) is 0 Å². The Morgan fingerprint density at radius 3 is 1.21 bits per heavy atom. The summed E-state index contributed by atoms with van der Waals surface area (Å²) in [6, 6.07) is 0. The molecule has 0 spiro atoms. The predicted molar refractivity (Wildman–Crippen MR) is 57.8 cm³/mol. The van der Waals surface area contributed by atoms with Crippen molar-refractivity contribution in [2.75, 3.05) is 13.2 Å². The van der Waals surface area contributed by atoms with Gasteiger partial charge in [-0.15, -0.1) is 0 Å². The van der Waals surface area contributed by atoms with Crippen LogP contribution >= 0.6 is 0 Å². The number of carboxylic acids is 2. The first-order valence-corrected chi connectivity index (χ1v) is 4.96. The summed E-state index contributed by atoms with van der Waals surface area (Å²) in [5.74, 6) is -2.82. The monoisotopic (exact) mass is 327 g/mol. The van der Waals surface area contributed by atoms with Crippen LogP contribution in [0.4, 0.5) is 0 Å². The third-order valence-corrected chi connectivity index (χ3v) is 1.24. The van der Waals surface area contributed by atoms with Gasteiger partial charge in [0.25, 0.3) is 0 Å². The number of aliphatic carboxylic acids is 2. The van der Waals surface area contributed by atoms with Gasteiger partial charge in [-0.3, -0.25) is 19.2 Å². The molecule has 1 radical (unpaired) electrons. The number of carboxylic acid groups (broad SMARTS) is 2. The van der Waals surface area contributed by atoms with Crippen LogP contribution < -0.4 is 0 Å². The Kier molecular flexibility index (Phi) is 17.2. The van der Waals surface area contributed by atoms with E-state index in [4.69, 9.17) is 10.2 Å². The minimum Gasteiger partial charge on any atom is -0.481 e. The molecule has 0 aliphatic heterocycles. The van der Waals surface area contributed by atoms with Crippen LogP contribution in [0.15, 0.2) is 0 Å². The zero-order valence-corrected chi connectivity index (χ0v) is 11.4. The van der Waals surface area contributed by atoms with Crippen LogP contribution in [-0.4, -0.2) is 47.3 Å². The second-order valence-corrected chi connectivity index (χ2v) is 2.97. The van der Waals surface area contributed by atoms with Gasteiger partial charge in [0.05, 0.1) is 12.8 Å². The van der Waals surface area contributed by atoms with E-state index in [1.165, 1.54) is 13.8 Å². The van der Waals surface area contributed by atoms with Crippen LogP contribution in [-0.2, 0) is 45.7 Å². The molecule has 0 saturated heterocycles. The van der Waals surface area contributed by atoms with Crippen molar-refractivity contribution >= 4 is 23.9 Å². The molecule has 115 valence electrons. The normalized spacial score (nSPS) is 8.11. The smallest absolute Gasteiger partial charge is 0.306 e. The van der Waals surface area contributed by atoms with Crippen molar-refractivity contribution in [1.29, 1.82) is 0 Å². The minimum absolute atomic E-state index is 0. The summed E-state index contributed by atoms with van der Waals surface area (Å²) < 4.78 is 8.67. The summed E-state index contributed by atoms with van der Waals surface area (Å²) >= 11 is 0. The molecule has 8 nitrogen and oxygen atoms in total. The summed E-state index contributed by atoms with van der Waals surface area (Å²) in [5, 5.41) is 16.1. The van der Waals surface area contributed by atoms with E-state index in [1.807, 2.05) is 0 Å². The fourth-order valence-corrected chi connectivity index (χ4v) is 0.564. The topological polar surface area (TPSA) is 127 Å². The predicted octanol–water partition coefficient (Wildman–Crippen LogP) is 0.0459. The van der Waals surface area contributed by atoms with Crippen molar-refractivity contribution < 1.29 is 55.9 Å². The molecule has 2 N–H and O–H groups in total. The van der Waals surface area contributed by atoms with Crippen LogP contribution in [0.1, 0.15) is 26.7 Å². The molecule has 0 fully saturated rings. The second kappa shape index (κ2) is 14.5. The number of hydrogen-bond acceptors (Lipinski definition) is 6. The van der Waals surface area contributed by atoms with Crippen LogP contribution in [0.5, 0.6) is 0 Å². The van der Waals surface area contributed by atoms with E-state index < -0.39 is 23.9 Å². The SMILES string of the molecule is CC(=O)OCCC(=O)O.CC(=O)OCCC(=O)O.[Cu]. The van der Waals surface area contributed by atoms with E-state index in [0.717, 1.165) is 0 Å². The summed E-state index contributed by atoms with van der Waals surface area (Å²) in [6.45, 7) is 2.40. The van der Waals surface area contributed by atoms with E-state index in [-0.39, 0.29) is 43.1 Å². The number of rotatable bonds is 6. The van der Waals surface area contributed by atoms with Gasteiger partial charge in [-0.1, -0.05) is 0 Å². The molecule has 0 aromatic rings. The molecule has 0 rings (SSSR count). The van der Waals surface area contributed by atoms with Crippen molar-refractivity contribution in [2.24, 2.45) is 0 Å². The first-order chi connectivity index (χ1) is 8.25. The molecule has 0 aliphatic rings. The van der Waals surface area contributed by atoms with E-state index in [2.05, 4.69) is 9.47 Å². The van der Waals surface area contributed by atoms with E-state index in [9.17, 15) is 19.2 Å². The van der Waals surface area contributed by atoms with Crippen molar-refractivity contribution in [2.45, 2.75) is 26.7 Å². The number of esters is 2. The maximum Gasteiger partial charge on any atom is 0.306 e. The van der Waals surface area contributed by atoms with Crippen LogP contribution in [0.2, 0.25) is 0 Å². The van der Waals surface area contributed by atoms with Crippen LogP contribution in [0.25, 0.3) is 0 Å². The molecule has 0 amide bonds. The third kappa shape index (κ3) is 31.4. The van der Waals surface area contributed by atoms with Crippen LogP contribution in [0.3, 0.4) is 0 Å². The Bertz CT molecular complexity index is 244. The van der Waals surface area contributed by atoms with E-state index in [0.29, 0.717) is 0 Å². The maximum atomic E-state index is 10.0. The first kappa shape index (κ1) is 22.6. The third-order valence-electron chi connectivity index (χ3n) is 1.24. The van der Waals surface area contributed by atoms with Crippen molar-refractivity contribution in [1.82, 2.24) is 0 Å². The van der Waals surface area contributed by atoms with Gasteiger partial charge in [-0.05, 0) is 0 Å². The van der Waals surface area contributed by atoms with Crippen molar-refractivity contribution in [3.05, 3.63) is 0 Å². The Morgan fingerprint density at radius 2 is 1.05 bits per heavy atom. The molecule has 0 unspecified atom stereocenters. The standard InChI is InChI=1S/2C5H8O4.Cu/c2*1-4(6)9-3-2-5(7)8;/h2*2-3H2,1H3,(H,7,8);. The fourth-order valence-electron chi connectivity index (χ4n) is 0.564. The first-order valence-electron chi connectivity index (χ1n) is 4.96. The zero-order chi connectivity index (χ0) is 14.6. The molecule has 9 heteroatoms. The Balaban J connectivity index is -0.000000256. The molecule has 0 aliphatic carbocycles. The summed E-state index contributed by atoms with van der Waals surface area (Å²) in [4.78, 5) is 39.6. The molecule has 0 aromatic carbocycles. The quantitative estimate of drug-likeness (QED) is 0.517. The molecule has 0 atom stereocenters. The van der Waals surface area contributed by atoms with E-state index in [1.54, 1.807) is 0 Å². The molecule has 0 saturated carbocycles. The van der Waals surface area contributed by atoms with Gasteiger partial charge < -0.3 is 19.7 Å². The van der Waals surface area contributed by atoms with Gasteiger partial charge in [-0.25, -0.2) is 0 Å². The van der Waals surface area contributed by atoms with Crippen LogP contribution in [0, 0.1) is 0 Å². The zero-order valence-electron chi connectivity index (χ0n) is 10.5. The summed E-state index contributed by atoms with van der Waals surface area (Å²) in [5.41, 5.74) is 0. The molecular formula is C10H16CuO8. The van der Waals surface area contributed by atoms with E-state index >= 15 is 0 Å². The Morgan fingerprint density at radius 1 is 0.789 bits per heavy atom. The van der Waals surface area contributed by atoms with Gasteiger partial charge >= 0.3 is 23.9 Å². The Hall–Kier alpha value is -1.60. The number of carbonyl (C=O) groups is 4. The van der Waals surface area contributed by atoms with Gasteiger partial charge in [0.2, 0.25) is 0 Å². The summed E-state index contributed by atoms with van der Waals surface area (Å²) in [7, 11) is 0. The van der Waals surface area contributed by atoms with Gasteiger partial charge in [0.1, 0.15) is 13.2 Å². The molecule has 0 bridgehead atoms. The molecular weight excluding hydrogens is 312 g/mol. The second-order valence-electron chi connectivity index (χ2n) is 2.97. The number of hydrogen-bond donors (Lipinski definition) is 2. The largest absolute Gasteiger partial charge is 0.481 e. The fraction of sp³-hybridized carbons (Fsp3) is 0.600. The number of carbonyl (C=O) groups excluding carboxylic acids is 2. The minimum atomic E-state index is -0.962. The van der Waals surface area contributed by atoms with Gasteiger partial charge in [-0.2, -0.15) is 0 Å². The molecule has 0 aromatic heterocycles. The molecule has 19 heavy (non-hydrogen) atoms. The number of ether oxygens (including phenoxy) is 2. The molecule has 0 heterocycles.